The van der Waals surface area contributed by atoms with Crippen LogP contribution >= 0.6 is 0 Å². The number of hydrogen-bond donors (Lipinski definition) is 2. The number of carbonyl (C=O) groups is 1. The number of aromatic amines is 1. The second kappa shape index (κ2) is 6.23. The zero-order valence-electron chi connectivity index (χ0n) is 11.9. The summed E-state index contributed by atoms with van der Waals surface area (Å²) in [6.45, 7) is 5.10. The molecule has 0 fully saturated rings. The summed E-state index contributed by atoms with van der Waals surface area (Å²) >= 11 is 0. The lowest BCUT2D eigenvalue weighted by Crippen LogP contribution is -2.32. The maximum atomic E-state index is 12.5. The van der Waals surface area contributed by atoms with Gasteiger partial charge < -0.3 is 10.6 Å². The van der Waals surface area contributed by atoms with Gasteiger partial charge in [0.05, 0.1) is 11.4 Å². The van der Waals surface area contributed by atoms with Gasteiger partial charge in [0.1, 0.15) is 0 Å². The Morgan fingerprint density at radius 2 is 2.05 bits per heavy atom. The highest BCUT2D eigenvalue weighted by Gasteiger charge is 2.21. The van der Waals surface area contributed by atoms with Crippen molar-refractivity contribution in [3.8, 4) is 0 Å². The Balaban J connectivity index is 2.20. The van der Waals surface area contributed by atoms with Crippen LogP contribution in [0.1, 0.15) is 35.1 Å². The number of nitrogens with zero attached hydrogens (tertiary/aromatic N) is 2. The van der Waals surface area contributed by atoms with Crippen LogP contribution in [0.3, 0.4) is 0 Å². The van der Waals surface area contributed by atoms with E-state index in [9.17, 15) is 4.79 Å². The quantitative estimate of drug-likeness (QED) is 0.877. The van der Waals surface area contributed by atoms with Crippen molar-refractivity contribution in [1.82, 2.24) is 15.1 Å². The molecule has 5 heteroatoms. The zero-order chi connectivity index (χ0) is 14.5. The summed E-state index contributed by atoms with van der Waals surface area (Å²) in [6, 6.07) is 9.92. The van der Waals surface area contributed by atoms with Gasteiger partial charge in [-0.2, -0.15) is 5.10 Å². The first-order valence-electron chi connectivity index (χ1n) is 6.77. The first-order chi connectivity index (χ1) is 9.63. The standard InChI is InChI=1S/C15H20N4O/c1-3-9-19(10-12-7-5-4-6-8-12)15(20)14-13(16)11(2)17-18-14/h4-8H,3,9-10,16H2,1-2H3,(H,17,18). The van der Waals surface area contributed by atoms with Gasteiger partial charge in [0, 0.05) is 13.1 Å². The number of hydrogen-bond acceptors (Lipinski definition) is 3. The highest BCUT2D eigenvalue weighted by Crippen LogP contribution is 2.16. The number of benzene rings is 1. The third-order valence-corrected chi connectivity index (χ3v) is 3.19. The lowest BCUT2D eigenvalue weighted by atomic mass is 10.2. The van der Waals surface area contributed by atoms with Crippen molar-refractivity contribution in [3.05, 3.63) is 47.3 Å². The van der Waals surface area contributed by atoms with Gasteiger partial charge in [-0.15, -0.1) is 0 Å². The molecule has 0 atom stereocenters. The summed E-state index contributed by atoms with van der Waals surface area (Å²) < 4.78 is 0. The van der Waals surface area contributed by atoms with Crippen molar-refractivity contribution in [2.45, 2.75) is 26.8 Å². The lowest BCUT2D eigenvalue weighted by molar-refractivity contribution is 0.0738. The van der Waals surface area contributed by atoms with Crippen molar-refractivity contribution in [2.75, 3.05) is 12.3 Å². The maximum absolute atomic E-state index is 12.5. The summed E-state index contributed by atoms with van der Waals surface area (Å²) in [7, 11) is 0. The first kappa shape index (κ1) is 14.1. The highest BCUT2D eigenvalue weighted by atomic mass is 16.2. The maximum Gasteiger partial charge on any atom is 0.276 e. The topological polar surface area (TPSA) is 75.0 Å². The second-order valence-corrected chi connectivity index (χ2v) is 4.82. The molecule has 0 bridgehead atoms. The van der Waals surface area contributed by atoms with Crippen LogP contribution in [-0.2, 0) is 6.54 Å². The Morgan fingerprint density at radius 1 is 1.35 bits per heavy atom. The van der Waals surface area contributed by atoms with E-state index >= 15 is 0 Å². The number of nitrogen functional groups attached to an aromatic ring is 1. The van der Waals surface area contributed by atoms with E-state index in [1.54, 1.807) is 11.8 Å². The summed E-state index contributed by atoms with van der Waals surface area (Å²) in [5.74, 6) is -0.127. The van der Waals surface area contributed by atoms with E-state index in [-0.39, 0.29) is 5.91 Å². The van der Waals surface area contributed by atoms with E-state index in [1.165, 1.54) is 0 Å². The fraction of sp³-hybridized carbons (Fsp3) is 0.333. The molecule has 0 saturated carbocycles. The van der Waals surface area contributed by atoms with Gasteiger partial charge in [-0.3, -0.25) is 9.89 Å². The van der Waals surface area contributed by atoms with E-state index in [1.807, 2.05) is 37.3 Å². The number of anilines is 1. The van der Waals surface area contributed by atoms with Crippen molar-refractivity contribution in [1.29, 1.82) is 0 Å². The number of amides is 1. The predicted molar refractivity (Wildman–Crippen MR) is 79.2 cm³/mol. The molecule has 0 saturated heterocycles. The SMILES string of the molecule is CCCN(Cc1ccccc1)C(=O)c1n[nH]c(C)c1N. The highest BCUT2D eigenvalue weighted by molar-refractivity contribution is 5.97. The molecule has 0 unspecified atom stereocenters. The van der Waals surface area contributed by atoms with Crippen molar-refractivity contribution in [3.63, 3.8) is 0 Å². The molecule has 3 N–H and O–H groups in total. The first-order valence-corrected chi connectivity index (χ1v) is 6.77. The van der Waals surface area contributed by atoms with Gasteiger partial charge in [-0.05, 0) is 18.9 Å². The van der Waals surface area contributed by atoms with E-state index in [2.05, 4.69) is 10.2 Å². The van der Waals surface area contributed by atoms with Gasteiger partial charge in [-0.25, -0.2) is 0 Å². The number of nitrogens with two attached hydrogens (primary N) is 1. The minimum atomic E-state index is -0.127. The molecular formula is C15H20N4O. The number of aryl methyl sites for hydroxylation is 1. The third-order valence-electron chi connectivity index (χ3n) is 3.19. The average Bonchev–Trinajstić information content (AvgIpc) is 2.79. The predicted octanol–water partition coefficient (Wildman–Crippen LogP) is 2.35. The Bertz CT molecular complexity index is 577. The Kier molecular flexibility index (Phi) is 4.40. The molecule has 2 rings (SSSR count). The number of H-pyrrole nitrogens is 1. The van der Waals surface area contributed by atoms with E-state index in [0.717, 1.165) is 17.7 Å². The third kappa shape index (κ3) is 2.99. The molecule has 0 radical (unpaired) electrons. The summed E-state index contributed by atoms with van der Waals surface area (Å²) in [5, 5.41) is 6.77. The van der Waals surface area contributed by atoms with Crippen LogP contribution in [0.2, 0.25) is 0 Å². The summed E-state index contributed by atoms with van der Waals surface area (Å²) in [4.78, 5) is 14.3. The number of carbonyl (C=O) groups excluding carboxylic acids is 1. The minimum Gasteiger partial charge on any atom is -0.395 e. The van der Waals surface area contributed by atoms with Crippen LogP contribution < -0.4 is 5.73 Å². The molecule has 1 heterocycles. The second-order valence-electron chi connectivity index (χ2n) is 4.82. The number of aromatic nitrogens is 2. The van der Waals surface area contributed by atoms with E-state index < -0.39 is 0 Å². The number of rotatable bonds is 5. The van der Waals surface area contributed by atoms with Gasteiger partial charge in [0.2, 0.25) is 0 Å². The average molecular weight is 272 g/mol. The van der Waals surface area contributed by atoms with Gasteiger partial charge in [0.15, 0.2) is 5.69 Å². The number of nitrogens with one attached hydrogen (secondary N) is 1. The van der Waals surface area contributed by atoms with E-state index in [0.29, 0.717) is 24.5 Å². The Labute approximate surface area is 118 Å². The smallest absolute Gasteiger partial charge is 0.276 e. The molecule has 0 spiro atoms. The largest absolute Gasteiger partial charge is 0.395 e. The monoisotopic (exact) mass is 272 g/mol. The Morgan fingerprint density at radius 3 is 2.60 bits per heavy atom. The molecule has 0 aliphatic heterocycles. The fourth-order valence-electron chi connectivity index (χ4n) is 2.08. The molecule has 106 valence electrons. The molecule has 1 amide bonds. The Hall–Kier alpha value is -2.30. The molecular weight excluding hydrogens is 252 g/mol. The summed E-state index contributed by atoms with van der Waals surface area (Å²) in [6.07, 6.45) is 0.891. The minimum absolute atomic E-state index is 0.127. The van der Waals surface area contributed by atoms with Crippen molar-refractivity contribution >= 4 is 11.6 Å². The van der Waals surface area contributed by atoms with Crippen molar-refractivity contribution < 1.29 is 4.79 Å². The molecule has 20 heavy (non-hydrogen) atoms. The normalized spacial score (nSPS) is 10.5. The van der Waals surface area contributed by atoms with Gasteiger partial charge >= 0.3 is 0 Å². The van der Waals surface area contributed by atoms with Gasteiger partial charge in [-0.1, -0.05) is 37.3 Å². The molecule has 0 aliphatic carbocycles. The van der Waals surface area contributed by atoms with Crippen LogP contribution in [-0.4, -0.2) is 27.5 Å². The fourth-order valence-corrected chi connectivity index (χ4v) is 2.08. The lowest BCUT2D eigenvalue weighted by Gasteiger charge is -2.21. The van der Waals surface area contributed by atoms with Crippen molar-refractivity contribution in [2.24, 2.45) is 0 Å². The summed E-state index contributed by atoms with van der Waals surface area (Å²) in [5.41, 5.74) is 8.46. The van der Waals surface area contributed by atoms with Crippen LogP contribution in [0.4, 0.5) is 5.69 Å². The van der Waals surface area contributed by atoms with Crippen LogP contribution in [0.15, 0.2) is 30.3 Å². The molecule has 1 aromatic heterocycles. The molecule has 5 nitrogen and oxygen atoms in total. The molecule has 0 aliphatic rings. The van der Waals surface area contributed by atoms with Crippen LogP contribution in [0.25, 0.3) is 0 Å². The zero-order valence-corrected chi connectivity index (χ0v) is 11.9. The van der Waals surface area contributed by atoms with Gasteiger partial charge in [0.25, 0.3) is 5.91 Å². The van der Waals surface area contributed by atoms with E-state index in [4.69, 9.17) is 5.73 Å². The molecule has 2 aromatic rings. The van der Waals surface area contributed by atoms with Crippen LogP contribution in [0.5, 0.6) is 0 Å². The van der Waals surface area contributed by atoms with Crippen LogP contribution in [0, 0.1) is 6.92 Å². The molecule has 1 aromatic carbocycles.